The van der Waals surface area contributed by atoms with E-state index in [2.05, 4.69) is 15.5 Å². The van der Waals surface area contributed by atoms with Crippen LogP contribution in [0.1, 0.15) is 21.5 Å². The van der Waals surface area contributed by atoms with Crippen molar-refractivity contribution in [3.05, 3.63) is 77.1 Å². The van der Waals surface area contributed by atoms with E-state index >= 15 is 0 Å². The number of aromatic amines is 1. The van der Waals surface area contributed by atoms with Crippen LogP contribution < -0.4 is 19.5 Å². The summed E-state index contributed by atoms with van der Waals surface area (Å²) < 4.78 is 69.0. The molecule has 0 unspecified atom stereocenters. The van der Waals surface area contributed by atoms with Crippen molar-refractivity contribution < 1.29 is 36.6 Å². The Morgan fingerprint density at radius 1 is 1.06 bits per heavy atom. The summed E-state index contributed by atoms with van der Waals surface area (Å²) in [5, 5.41) is 10.0. The number of benzene rings is 3. The van der Waals surface area contributed by atoms with Crippen LogP contribution in [0.5, 0.6) is 17.2 Å². The highest BCUT2D eigenvalue weighted by molar-refractivity contribution is 6.08. The molecule has 0 fully saturated rings. The van der Waals surface area contributed by atoms with Crippen LogP contribution in [0.3, 0.4) is 0 Å². The third-order valence-corrected chi connectivity index (χ3v) is 5.17. The van der Waals surface area contributed by atoms with Crippen LogP contribution in [0, 0.1) is 5.82 Å². The number of fused-ring (bicyclic) bond motifs is 2. The highest BCUT2D eigenvalue weighted by Gasteiger charge is 2.34. The van der Waals surface area contributed by atoms with E-state index in [0.29, 0.717) is 34.0 Å². The molecule has 1 aliphatic heterocycles. The highest BCUT2D eigenvalue weighted by atomic mass is 19.4. The summed E-state index contributed by atoms with van der Waals surface area (Å²) in [5.74, 6) is 0.0105. The number of H-pyrrole nitrogens is 1. The molecule has 0 saturated carbocycles. The van der Waals surface area contributed by atoms with E-state index in [1.54, 1.807) is 30.3 Å². The maximum absolute atomic E-state index is 13.3. The Labute approximate surface area is 189 Å². The standard InChI is InChI=1S/C23H15F4N3O4/c24-14-3-1-13(17(8-14)23(25,26)27)10-32-15-4-5-18-16(9-15)21(30-29-18)28-22(31)12-2-6-19-20(7-12)34-11-33-19/h1-9H,10-11H2,(H2,28,29,30,31). The molecule has 1 aromatic heterocycles. The van der Waals surface area contributed by atoms with Crippen molar-refractivity contribution in [2.24, 2.45) is 0 Å². The van der Waals surface area contributed by atoms with E-state index in [0.717, 1.165) is 12.1 Å². The van der Waals surface area contributed by atoms with Gasteiger partial charge in [-0.15, -0.1) is 0 Å². The number of anilines is 1. The quantitative estimate of drug-likeness (QED) is 0.385. The second-order valence-corrected chi connectivity index (χ2v) is 7.39. The van der Waals surface area contributed by atoms with Gasteiger partial charge in [0.2, 0.25) is 6.79 Å². The molecule has 0 atom stereocenters. The summed E-state index contributed by atoms with van der Waals surface area (Å²) in [6, 6.07) is 11.8. The number of hydrogen-bond donors (Lipinski definition) is 2. The SMILES string of the molecule is O=C(Nc1n[nH]c2ccc(OCc3ccc(F)cc3C(F)(F)F)cc12)c1ccc2c(c1)OCO2. The number of rotatable bonds is 5. The fraction of sp³-hybridized carbons (Fsp3) is 0.130. The fourth-order valence-electron chi connectivity index (χ4n) is 3.50. The molecule has 1 amide bonds. The van der Waals surface area contributed by atoms with Crippen molar-refractivity contribution >= 4 is 22.6 Å². The predicted octanol–water partition coefficient (Wildman–Crippen LogP) is 5.28. The maximum Gasteiger partial charge on any atom is 0.416 e. The number of aromatic nitrogens is 2. The van der Waals surface area contributed by atoms with Gasteiger partial charge in [0.15, 0.2) is 17.3 Å². The summed E-state index contributed by atoms with van der Waals surface area (Å²) in [5.41, 5.74) is -0.416. The van der Waals surface area contributed by atoms with Crippen LogP contribution in [0.4, 0.5) is 23.4 Å². The van der Waals surface area contributed by atoms with Crippen LogP contribution in [0.25, 0.3) is 10.9 Å². The van der Waals surface area contributed by atoms with Gasteiger partial charge in [0, 0.05) is 16.5 Å². The predicted molar refractivity (Wildman–Crippen MR) is 112 cm³/mol. The molecule has 3 aromatic carbocycles. The van der Waals surface area contributed by atoms with Crippen LogP contribution in [0.2, 0.25) is 0 Å². The zero-order chi connectivity index (χ0) is 23.9. The summed E-state index contributed by atoms with van der Waals surface area (Å²) in [4.78, 5) is 12.7. The number of halogens is 4. The zero-order valence-electron chi connectivity index (χ0n) is 17.2. The van der Waals surface area contributed by atoms with Crippen molar-refractivity contribution in [3.63, 3.8) is 0 Å². The maximum atomic E-state index is 13.3. The average molecular weight is 473 g/mol. The Bertz CT molecular complexity index is 1400. The number of nitrogens with one attached hydrogen (secondary N) is 2. The van der Waals surface area contributed by atoms with Gasteiger partial charge in [-0.3, -0.25) is 9.89 Å². The lowest BCUT2D eigenvalue weighted by atomic mass is 10.1. The minimum Gasteiger partial charge on any atom is -0.489 e. The second kappa shape index (κ2) is 8.25. The molecule has 0 bridgehead atoms. The summed E-state index contributed by atoms with van der Waals surface area (Å²) in [6.07, 6.45) is -4.72. The number of nitrogens with zero attached hydrogens (tertiary/aromatic N) is 1. The van der Waals surface area contributed by atoms with Crippen molar-refractivity contribution in [2.45, 2.75) is 12.8 Å². The lowest BCUT2D eigenvalue weighted by Gasteiger charge is -2.14. The van der Waals surface area contributed by atoms with Crippen molar-refractivity contribution in [1.29, 1.82) is 0 Å². The topological polar surface area (TPSA) is 85.5 Å². The minimum absolute atomic E-state index is 0.0789. The van der Waals surface area contributed by atoms with Gasteiger partial charge in [-0.25, -0.2) is 4.39 Å². The van der Waals surface area contributed by atoms with Gasteiger partial charge in [0.1, 0.15) is 18.2 Å². The molecular formula is C23H15F4N3O4. The summed E-state index contributed by atoms with van der Waals surface area (Å²) in [6.45, 7) is -0.354. The molecule has 2 N–H and O–H groups in total. The second-order valence-electron chi connectivity index (χ2n) is 7.39. The van der Waals surface area contributed by atoms with Gasteiger partial charge in [0.25, 0.3) is 5.91 Å². The molecule has 0 saturated heterocycles. The Hall–Kier alpha value is -4.28. The van der Waals surface area contributed by atoms with Crippen molar-refractivity contribution in [1.82, 2.24) is 10.2 Å². The van der Waals surface area contributed by atoms with Gasteiger partial charge < -0.3 is 19.5 Å². The molecule has 1 aliphatic rings. The molecule has 5 rings (SSSR count). The Morgan fingerprint density at radius 3 is 2.71 bits per heavy atom. The number of alkyl halides is 3. The van der Waals surface area contributed by atoms with Crippen LogP contribution in [-0.4, -0.2) is 22.9 Å². The third-order valence-electron chi connectivity index (χ3n) is 5.17. The van der Waals surface area contributed by atoms with Gasteiger partial charge in [-0.1, -0.05) is 6.07 Å². The van der Waals surface area contributed by atoms with E-state index in [4.69, 9.17) is 14.2 Å². The van der Waals surface area contributed by atoms with E-state index < -0.39 is 30.1 Å². The molecule has 11 heteroatoms. The lowest BCUT2D eigenvalue weighted by molar-refractivity contribution is -0.138. The molecule has 4 aromatic rings. The largest absolute Gasteiger partial charge is 0.489 e. The number of hydrogen-bond acceptors (Lipinski definition) is 5. The first-order valence-corrected chi connectivity index (χ1v) is 9.95. The number of amides is 1. The first-order valence-electron chi connectivity index (χ1n) is 9.95. The molecule has 174 valence electrons. The minimum atomic E-state index is -4.72. The molecule has 0 spiro atoms. The normalized spacial score (nSPS) is 12.7. The van der Waals surface area contributed by atoms with Crippen LogP contribution in [0.15, 0.2) is 54.6 Å². The zero-order valence-corrected chi connectivity index (χ0v) is 17.2. The van der Waals surface area contributed by atoms with Gasteiger partial charge in [0.05, 0.1) is 11.1 Å². The van der Waals surface area contributed by atoms with E-state index in [-0.39, 0.29) is 23.9 Å². The fourth-order valence-corrected chi connectivity index (χ4v) is 3.50. The first-order chi connectivity index (χ1) is 16.3. The van der Waals surface area contributed by atoms with Crippen LogP contribution in [-0.2, 0) is 12.8 Å². The van der Waals surface area contributed by atoms with Gasteiger partial charge in [-0.2, -0.15) is 18.3 Å². The monoisotopic (exact) mass is 473 g/mol. The lowest BCUT2D eigenvalue weighted by Crippen LogP contribution is -2.12. The third kappa shape index (κ3) is 4.19. The molecule has 0 radical (unpaired) electrons. The Kier molecular flexibility index (Phi) is 5.23. The molecule has 34 heavy (non-hydrogen) atoms. The molecule has 2 heterocycles. The Morgan fingerprint density at radius 2 is 1.88 bits per heavy atom. The van der Waals surface area contributed by atoms with E-state index in [1.165, 1.54) is 6.07 Å². The van der Waals surface area contributed by atoms with E-state index in [9.17, 15) is 22.4 Å². The van der Waals surface area contributed by atoms with E-state index in [1.807, 2.05) is 0 Å². The Balaban J connectivity index is 1.35. The number of carbonyl (C=O) groups excluding carboxylic acids is 1. The first kappa shape index (κ1) is 21.6. The van der Waals surface area contributed by atoms with Crippen molar-refractivity contribution in [3.8, 4) is 17.2 Å². The highest BCUT2D eigenvalue weighted by Crippen LogP contribution is 2.34. The summed E-state index contributed by atoms with van der Waals surface area (Å²) >= 11 is 0. The molecule has 0 aliphatic carbocycles. The van der Waals surface area contributed by atoms with Gasteiger partial charge in [-0.05, 0) is 48.5 Å². The van der Waals surface area contributed by atoms with Crippen molar-refractivity contribution in [2.75, 3.05) is 12.1 Å². The molecular weight excluding hydrogens is 458 g/mol. The van der Waals surface area contributed by atoms with Gasteiger partial charge >= 0.3 is 6.18 Å². The average Bonchev–Trinajstić information content (AvgIpc) is 3.44. The smallest absolute Gasteiger partial charge is 0.416 e. The summed E-state index contributed by atoms with van der Waals surface area (Å²) in [7, 11) is 0. The number of carbonyl (C=O) groups is 1. The number of ether oxygens (including phenoxy) is 3. The molecule has 7 nitrogen and oxygen atoms in total. The van der Waals surface area contributed by atoms with Crippen LogP contribution >= 0.6 is 0 Å².